The van der Waals surface area contributed by atoms with Crippen LogP contribution in [0.3, 0.4) is 0 Å². The number of nitrogens with zero attached hydrogens (tertiary/aromatic N) is 3. The van der Waals surface area contributed by atoms with Crippen molar-refractivity contribution in [2.75, 3.05) is 27.2 Å². The Labute approximate surface area is 227 Å². The normalized spacial score (nSPS) is 35.3. The van der Waals surface area contributed by atoms with Crippen molar-refractivity contribution >= 4 is 5.91 Å². The van der Waals surface area contributed by atoms with Gasteiger partial charge in [-0.05, 0) is 74.8 Å². The maximum absolute atomic E-state index is 14.5. The predicted molar refractivity (Wildman–Crippen MR) is 141 cm³/mol. The Kier molecular flexibility index (Phi) is 4.79. The highest BCUT2D eigenvalue weighted by molar-refractivity contribution is 5.97. The van der Waals surface area contributed by atoms with Crippen LogP contribution in [-0.2, 0) is 27.9 Å². The number of halogens is 1. The molecule has 1 N–H and O–H groups in total. The van der Waals surface area contributed by atoms with Crippen molar-refractivity contribution in [1.82, 2.24) is 14.8 Å². The Morgan fingerprint density at radius 3 is 2.90 bits per heavy atom. The number of aromatic nitrogens is 1. The van der Waals surface area contributed by atoms with Gasteiger partial charge in [0.05, 0.1) is 17.7 Å². The Morgan fingerprint density at radius 1 is 1.28 bits per heavy atom. The van der Waals surface area contributed by atoms with E-state index in [2.05, 4.69) is 22.0 Å². The fraction of sp³-hybridized carbons (Fsp3) is 0.548. The number of carbonyl (C=O) groups excluding carboxylic acids is 1. The van der Waals surface area contributed by atoms with Crippen LogP contribution in [0.2, 0.25) is 0 Å². The summed E-state index contributed by atoms with van der Waals surface area (Å²) >= 11 is 0. The van der Waals surface area contributed by atoms with Gasteiger partial charge >= 0.3 is 0 Å². The predicted octanol–water partition coefficient (Wildman–Crippen LogP) is 3.73. The molecule has 8 heteroatoms. The first kappa shape index (κ1) is 23.9. The first-order chi connectivity index (χ1) is 18.8. The quantitative estimate of drug-likeness (QED) is 0.613. The highest BCUT2D eigenvalue weighted by Gasteiger charge is 2.79. The summed E-state index contributed by atoms with van der Waals surface area (Å²) < 4.78 is 27.6. The number of fused-ring (bicyclic) bond motifs is 1. The van der Waals surface area contributed by atoms with Crippen LogP contribution in [0.4, 0.5) is 4.39 Å². The van der Waals surface area contributed by atoms with E-state index in [1.54, 1.807) is 37.4 Å². The third-order valence-electron chi connectivity index (χ3n) is 11.0. The summed E-state index contributed by atoms with van der Waals surface area (Å²) in [7, 11) is 3.37. The van der Waals surface area contributed by atoms with Crippen LogP contribution in [0.25, 0.3) is 0 Å². The molecule has 5 aliphatic carbocycles. The van der Waals surface area contributed by atoms with Crippen LogP contribution in [0.5, 0.6) is 11.5 Å². The molecule has 2 saturated carbocycles. The van der Waals surface area contributed by atoms with E-state index in [0.29, 0.717) is 17.7 Å². The van der Waals surface area contributed by atoms with Gasteiger partial charge in [0.25, 0.3) is 5.91 Å². The third-order valence-corrected chi connectivity index (χ3v) is 11.0. The maximum atomic E-state index is 14.5. The van der Waals surface area contributed by atoms with E-state index in [-0.39, 0.29) is 40.8 Å². The minimum Gasteiger partial charge on any atom is -0.504 e. The number of amides is 1. The lowest BCUT2D eigenvalue weighted by Crippen LogP contribution is -2.78. The Bertz CT molecular complexity index is 1440. The Balaban J connectivity index is 1.29. The molecule has 1 amide bonds. The Hall–Kier alpha value is -2.97. The van der Waals surface area contributed by atoms with Gasteiger partial charge in [-0.15, -0.1) is 0 Å². The minimum atomic E-state index is -0.959. The van der Waals surface area contributed by atoms with Crippen molar-refractivity contribution in [2.45, 2.75) is 68.2 Å². The second-order valence-electron chi connectivity index (χ2n) is 12.6. The smallest absolute Gasteiger partial charge is 0.252 e. The number of phenols is 1. The number of likely N-dealkylation sites (N-methyl/N-ethyl adjacent to an activating group) is 1. The molecule has 1 aromatic carbocycles. The largest absolute Gasteiger partial charge is 0.504 e. The van der Waals surface area contributed by atoms with Crippen molar-refractivity contribution in [1.29, 1.82) is 0 Å². The summed E-state index contributed by atoms with van der Waals surface area (Å²) in [6.07, 6.45) is 9.31. The molecule has 3 fully saturated rings. The number of likely N-dealkylation sites (tertiary alicyclic amines) is 1. The van der Waals surface area contributed by atoms with Crippen LogP contribution in [0.1, 0.15) is 48.9 Å². The van der Waals surface area contributed by atoms with E-state index in [4.69, 9.17) is 9.47 Å². The number of ether oxygens (including phenoxy) is 2. The summed E-state index contributed by atoms with van der Waals surface area (Å²) in [5.41, 5.74) is 1.61. The van der Waals surface area contributed by atoms with Crippen LogP contribution in [-0.4, -0.2) is 70.8 Å². The van der Waals surface area contributed by atoms with Gasteiger partial charge < -0.3 is 19.5 Å². The lowest BCUT2D eigenvalue weighted by molar-refractivity contribution is -0.198. The molecule has 2 aliphatic heterocycles. The first-order valence-corrected chi connectivity index (χ1v) is 14.2. The summed E-state index contributed by atoms with van der Waals surface area (Å²) in [6.45, 7) is 2.14. The molecule has 4 bridgehead atoms. The average molecular weight is 532 g/mol. The van der Waals surface area contributed by atoms with Crippen molar-refractivity contribution in [2.24, 2.45) is 11.3 Å². The molecule has 0 radical (unpaired) electrons. The molecule has 39 heavy (non-hydrogen) atoms. The van der Waals surface area contributed by atoms with E-state index in [9.17, 15) is 14.3 Å². The van der Waals surface area contributed by atoms with E-state index < -0.39 is 17.5 Å². The van der Waals surface area contributed by atoms with Gasteiger partial charge in [0.2, 0.25) is 0 Å². The first-order valence-electron chi connectivity index (χ1n) is 14.2. The number of benzene rings is 1. The van der Waals surface area contributed by atoms with Crippen LogP contribution >= 0.6 is 0 Å². The van der Waals surface area contributed by atoms with Crippen molar-refractivity contribution in [3.8, 4) is 11.5 Å². The summed E-state index contributed by atoms with van der Waals surface area (Å²) in [5.74, 6) is 0.887. The van der Waals surface area contributed by atoms with Crippen LogP contribution < -0.4 is 4.74 Å². The Morgan fingerprint density at radius 2 is 2.13 bits per heavy atom. The van der Waals surface area contributed by atoms with E-state index in [1.807, 2.05) is 0 Å². The zero-order chi connectivity index (χ0) is 26.7. The van der Waals surface area contributed by atoms with E-state index in [1.165, 1.54) is 24.5 Å². The number of carbonyl (C=O) groups is 1. The molecule has 7 aliphatic rings. The lowest BCUT2D eigenvalue weighted by Gasteiger charge is -2.70. The number of hydrogen-bond donors (Lipinski definition) is 1. The zero-order valence-corrected chi connectivity index (χ0v) is 22.5. The van der Waals surface area contributed by atoms with Crippen LogP contribution in [0, 0.1) is 17.2 Å². The van der Waals surface area contributed by atoms with Gasteiger partial charge in [-0.3, -0.25) is 14.7 Å². The van der Waals surface area contributed by atoms with Crippen molar-refractivity contribution < 1.29 is 23.8 Å². The highest BCUT2D eigenvalue weighted by Crippen LogP contribution is 2.75. The molecule has 5 atom stereocenters. The fourth-order valence-electron chi connectivity index (χ4n) is 9.13. The molecule has 3 heterocycles. The number of methoxy groups -OCH3 is 1. The van der Waals surface area contributed by atoms with Gasteiger partial charge in [0, 0.05) is 49.5 Å². The minimum absolute atomic E-state index is 0.0642. The molecule has 1 aromatic heterocycles. The molecule has 2 spiro atoms. The molecular formula is C31H34FN3O4. The van der Waals surface area contributed by atoms with E-state index in [0.717, 1.165) is 43.8 Å². The van der Waals surface area contributed by atoms with Gasteiger partial charge in [-0.25, -0.2) is 4.39 Å². The maximum Gasteiger partial charge on any atom is 0.252 e. The second-order valence-corrected chi connectivity index (χ2v) is 12.6. The molecule has 7 nitrogen and oxygen atoms in total. The zero-order valence-electron chi connectivity index (χ0n) is 22.5. The van der Waals surface area contributed by atoms with Gasteiger partial charge in [0.1, 0.15) is 17.5 Å². The molecule has 204 valence electrons. The fourth-order valence-corrected chi connectivity index (χ4v) is 9.13. The summed E-state index contributed by atoms with van der Waals surface area (Å²) in [5, 5.41) is 11.0. The van der Waals surface area contributed by atoms with Crippen LogP contribution in [0.15, 0.2) is 42.1 Å². The summed E-state index contributed by atoms with van der Waals surface area (Å²) in [6, 6.07) is 7.01. The van der Waals surface area contributed by atoms with Gasteiger partial charge in [-0.2, -0.15) is 0 Å². The number of rotatable bonds is 6. The lowest BCUT2D eigenvalue weighted by atomic mass is 9.37. The third kappa shape index (κ3) is 2.84. The average Bonchev–Trinajstić information content (AvgIpc) is 3.69. The number of piperidine rings is 1. The molecular weight excluding hydrogens is 497 g/mol. The summed E-state index contributed by atoms with van der Waals surface area (Å²) in [4.78, 5) is 22.7. The highest BCUT2D eigenvalue weighted by atomic mass is 19.1. The number of hydrogen-bond acceptors (Lipinski definition) is 6. The number of pyridine rings is 1. The van der Waals surface area contributed by atoms with Crippen molar-refractivity contribution in [3.63, 3.8) is 0 Å². The van der Waals surface area contributed by atoms with Crippen molar-refractivity contribution in [3.05, 3.63) is 64.7 Å². The molecule has 1 saturated heterocycles. The number of phenolic OH excluding ortho intramolecular Hbond substituents is 1. The van der Waals surface area contributed by atoms with Gasteiger partial charge in [0.15, 0.2) is 11.5 Å². The SMILES string of the molecule is CO[C@]12CC[C@@]3(C=C1C(=O)N(C)Cc1ncccc1F)[C@H]1Cc4ccc(O)c5c4[C@@]3(CCN1CC1CC1)[C@H]2O5. The van der Waals surface area contributed by atoms with E-state index >= 15 is 0 Å². The molecule has 2 aromatic rings. The monoisotopic (exact) mass is 531 g/mol. The second kappa shape index (κ2) is 7.82. The number of aromatic hydroxyl groups is 1. The van der Waals surface area contributed by atoms with Gasteiger partial charge in [-0.1, -0.05) is 12.1 Å². The standard InChI is InChI=1S/C31H34FN3O4/c1-34(17-22-21(32)4-3-12-33-22)27(37)20-15-29-9-10-31(20,38-2)28-30(29)11-13-35(16-18-5-6-18)24(29)14-19-7-8-23(36)26(39-28)25(19)30/h3-4,7-8,12,15,18,24,28,36H,5-6,9-11,13-14,16-17H2,1-2H3/t24-,28-,29-,30+,31-/m1/s1. The molecule has 9 rings (SSSR count). The topological polar surface area (TPSA) is 75.1 Å². The molecule has 0 unspecified atom stereocenters.